The number of allylic oxidation sites excluding steroid dienone is 6. The summed E-state index contributed by atoms with van der Waals surface area (Å²) in [6.45, 7) is -4.64. The highest BCUT2D eigenvalue weighted by Gasteiger charge is 2.49. The fourth-order valence-electron chi connectivity index (χ4n) is 1.53. The van der Waals surface area contributed by atoms with Gasteiger partial charge in [-0.1, -0.05) is 0 Å². The van der Waals surface area contributed by atoms with E-state index in [9.17, 15) is 93.4 Å². The van der Waals surface area contributed by atoms with Gasteiger partial charge in [0, 0.05) is 18.2 Å². The lowest BCUT2D eigenvalue weighted by Gasteiger charge is -2.26. The molecule has 0 heterocycles. The summed E-state index contributed by atoms with van der Waals surface area (Å²) in [6.07, 6.45) is -43.3. The molecule has 0 amide bonds. The van der Waals surface area contributed by atoms with Crippen molar-refractivity contribution in [3.05, 3.63) is 35.5 Å². The van der Waals surface area contributed by atoms with Crippen LogP contribution in [0.15, 0.2) is 35.5 Å². The Balaban J connectivity index is 7.14. The third-order valence-electron chi connectivity index (χ3n) is 3.13. The van der Waals surface area contributed by atoms with Crippen LogP contribution in [-0.2, 0) is 28.6 Å². The summed E-state index contributed by atoms with van der Waals surface area (Å²) in [4.78, 5) is 32.4. The Morgan fingerprint density at radius 2 is 0.550 bits per heavy atom. The van der Waals surface area contributed by atoms with Gasteiger partial charge >= 0.3 is 43.5 Å². The molecule has 40 heavy (non-hydrogen) atoms. The first-order valence-corrected chi connectivity index (χ1v) is 8.57. The Kier molecular flexibility index (Phi) is 10.8. The van der Waals surface area contributed by atoms with Gasteiger partial charge < -0.3 is 14.2 Å². The first kappa shape index (κ1) is 36.4. The van der Waals surface area contributed by atoms with Gasteiger partial charge in [0.15, 0.2) is 0 Å². The molecule has 0 unspecified atom stereocenters. The van der Waals surface area contributed by atoms with Crippen molar-refractivity contribution in [1.29, 1.82) is 0 Å². The van der Waals surface area contributed by atoms with E-state index in [-0.39, 0.29) is 0 Å². The van der Waals surface area contributed by atoms with Gasteiger partial charge in [-0.3, -0.25) is 14.4 Å². The van der Waals surface area contributed by atoms with Crippen LogP contribution in [0.3, 0.4) is 0 Å². The second-order valence-electron chi connectivity index (χ2n) is 6.25. The van der Waals surface area contributed by atoms with E-state index in [1.54, 1.807) is 0 Å². The van der Waals surface area contributed by atoms with E-state index in [2.05, 4.69) is 14.2 Å². The van der Waals surface area contributed by atoms with Crippen molar-refractivity contribution < 1.29 is 108 Å². The number of ketones is 3. The summed E-state index contributed by atoms with van der Waals surface area (Å²) in [5.74, 6) is -21.3. The molecule has 0 aliphatic rings. The van der Waals surface area contributed by atoms with Gasteiger partial charge in [-0.15, -0.1) is 0 Å². The molecule has 0 radical (unpaired) electrons. The minimum absolute atomic E-state index is 1.69. The fraction of sp³-hybridized carbons (Fsp3) is 0.438. The lowest BCUT2D eigenvalue weighted by Crippen LogP contribution is -2.34. The molecule has 0 aromatic carbocycles. The van der Waals surface area contributed by atoms with Crippen LogP contribution < -0.4 is 0 Å². The highest BCUT2D eigenvalue weighted by molar-refractivity contribution is 5.95. The minimum atomic E-state index is -6.50. The molecule has 0 spiro atoms. The average molecular weight is 634 g/mol. The highest BCUT2D eigenvalue weighted by Crippen LogP contribution is 2.36. The number of hydrogen-bond donors (Lipinski definition) is 0. The van der Waals surface area contributed by atoms with Crippen molar-refractivity contribution in [3.8, 4) is 0 Å². The van der Waals surface area contributed by atoms with Gasteiger partial charge in [0.05, 0.1) is 0 Å². The summed E-state index contributed by atoms with van der Waals surface area (Å²) >= 11 is 0. The number of ether oxygens (including phenoxy) is 3. The number of carbonyl (C=O) groups excluding carboxylic acids is 3. The number of halogens is 18. The molecular formula is C16H4F18O6. The van der Waals surface area contributed by atoms with Crippen LogP contribution in [0.25, 0.3) is 0 Å². The molecule has 24 heteroatoms. The van der Waals surface area contributed by atoms with E-state index in [0.29, 0.717) is 0 Å². The van der Waals surface area contributed by atoms with Gasteiger partial charge in [0.1, 0.15) is 0 Å². The van der Waals surface area contributed by atoms with Gasteiger partial charge in [-0.05, 0) is 0 Å². The molecule has 0 aliphatic carbocycles. The first-order chi connectivity index (χ1) is 17.4. The molecule has 0 atom stereocenters. The maximum atomic E-state index is 13.0. The molecule has 0 fully saturated rings. The van der Waals surface area contributed by atoms with Gasteiger partial charge in [0.25, 0.3) is 17.3 Å². The van der Waals surface area contributed by atoms with Crippen LogP contribution in [0, 0.1) is 0 Å². The molecular weight excluding hydrogens is 630 g/mol. The Morgan fingerprint density at radius 3 is 0.675 bits per heavy atom. The lowest BCUT2D eigenvalue weighted by molar-refractivity contribution is -0.297. The first-order valence-electron chi connectivity index (χ1n) is 8.57. The van der Waals surface area contributed by atoms with E-state index >= 15 is 0 Å². The molecule has 0 saturated heterocycles. The van der Waals surface area contributed by atoms with Crippen LogP contribution in [0.2, 0.25) is 0 Å². The normalized spacial score (nSPS) is 15.2. The van der Waals surface area contributed by atoms with E-state index in [4.69, 9.17) is 0 Å². The maximum absolute atomic E-state index is 13.0. The summed E-state index contributed by atoms with van der Waals surface area (Å²) in [6, 6.07) is 0. The van der Waals surface area contributed by atoms with Crippen molar-refractivity contribution in [1.82, 2.24) is 0 Å². The molecule has 0 saturated carbocycles. The summed E-state index contributed by atoms with van der Waals surface area (Å²) in [7, 11) is 0. The monoisotopic (exact) mass is 634 g/mol. The van der Waals surface area contributed by atoms with Crippen LogP contribution in [0.5, 0.6) is 0 Å². The molecule has 0 aromatic rings. The standard InChI is InChI=1S/C16H4F18O6/c17-11(18,19)4(35)1-7(14(26,27)28)38-10(39-8(15(29,30)31)2-5(36)12(20,21)22)40-9(16(32,33)34)3-6(37)13(23,24)25/h1-3,10H/b7-1-,8-2-,9-3-. The molecule has 0 aromatic heterocycles. The SMILES string of the molecule is O=C(/C=C(\OC(O/C(=C\C(=O)C(F)(F)F)C(F)(F)F)O/C(=C\C(=O)C(F)(F)F)C(F)(F)F)C(F)(F)F)C(F)(F)F. The summed E-state index contributed by atoms with van der Waals surface area (Å²) < 4.78 is 237. The zero-order valence-corrected chi connectivity index (χ0v) is 17.6. The van der Waals surface area contributed by atoms with Crippen molar-refractivity contribution in [2.75, 3.05) is 0 Å². The third-order valence-corrected chi connectivity index (χ3v) is 3.13. The summed E-state index contributed by atoms with van der Waals surface area (Å²) in [5.41, 5.74) is 0. The molecule has 0 bridgehead atoms. The highest BCUT2D eigenvalue weighted by atomic mass is 19.4. The predicted molar refractivity (Wildman–Crippen MR) is 82.6 cm³/mol. The van der Waals surface area contributed by atoms with Crippen LogP contribution in [-0.4, -0.2) is 60.9 Å². The van der Waals surface area contributed by atoms with Gasteiger partial charge in [-0.25, -0.2) is 0 Å². The Hall–Kier alpha value is -3.63. The molecule has 230 valence electrons. The average Bonchev–Trinajstić information content (AvgIpc) is 2.67. The van der Waals surface area contributed by atoms with E-state index in [1.807, 2.05) is 0 Å². The second kappa shape index (κ2) is 11.9. The Morgan fingerprint density at radius 1 is 0.375 bits per heavy atom. The van der Waals surface area contributed by atoms with Crippen LogP contribution in [0.4, 0.5) is 79.0 Å². The smallest absolute Gasteiger partial charge is 0.418 e. The minimum Gasteiger partial charge on any atom is -0.418 e. The maximum Gasteiger partial charge on any atom is 0.454 e. The zero-order valence-electron chi connectivity index (χ0n) is 17.6. The zero-order chi connectivity index (χ0) is 32.3. The molecule has 0 rings (SSSR count). The Bertz CT molecular complexity index is 912. The van der Waals surface area contributed by atoms with Crippen LogP contribution in [0.1, 0.15) is 0 Å². The molecule has 0 N–H and O–H groups in total. The largest absolute Gasteiger partial charge is 0.454 e. The number of carbonyl (C=O) groups is 3. The molecule has 0 aliphatic heterocycles. The van der Waals surface area contributed by atoms with E-state index in [1.165, 1.54) is 0 Å². The van der Waals surface area contributed by atoms with Crippen molar-refractivity contribution in [2.24, 2.45) is 0 Å². The predicted octanol–water partition coefficient (Wildman–Crippen LogP) is 6.05. The van der Waals surface area contributed by atoms with Crippen molar-refractivity contribution >= 4 is 17.3 Å². The summed E-state index contributed by atoms with van der Waals surface area (Å²) in [5, 5.41) is 0. The third kappa shape index (κ3) is 12.0. The second-order valence-corrected chi connectivity index (χ2v) is 6.25. The Labute approximate surface area is 205 Å². The van der Waals surface area contributed by atoms with Crippen molar-refractivity contribution in [3.63, 3.8) is 0 Å². The number of hydrogen-bond acceptors (Lipinski definition) is 6. The number of alkyl halides is 18. The lowest BCUT2D eigenvalue weighted by atomic mass is 10.3. The van der Waals surface area contributed by atoms with E-state index in [0.717, 1.165) is 0 Å². The van der Waals surface area contributed by atoms with Crippen molar-refractivity contribution in [2.45, 2.75) is 43.5 Å². The number of rotatable bonds is 9. The van der Waals surface area contributed by atoms with Gasteiger partial charge in [0.2, 0.25) is 17.3 Å². The molecule has 6 nitrogen and oxygen atoms in total. The van der Waals surface area contributed by atoms with Crippen LogP contribution >= 0.6 is 0 Å². The van der Waals surface area contributed by atoms with Gasteiger partial charge in [-0.2, -0.15) is 79.0 Å². The fourth-order valence-corrected chi connectivity index (χ4v) is 1.53. The quantitative estimate of drug-likeness (QED) is 0.133. The van der Waals surface area contributed by atoms with E-state index < -0.39 is 96.4 Å². The topological polar surface area (TPSA) is 78.9 Å².